The number of carbonyl (C=O) groups is 4. The lowest BCUT2D eigenvalue weighted by molar-refractivity contribution is -0.253. The molecular formula is C48H76N2O8. The lowest BCUT2D eigenvalue weighted by Gasteiger charge is -2.73. The second kappa shape index (κ2) is 13.9. The second-order valence-corrected chi connectivity index (χ2v) is 23.7. The van der Waals surface area contributed by atoms with Gasteiger partial charge in [-0.15, -0.1) is 0 Å². The normalized spacial score (nSPS) is 44.7. The average Bonchev–Trinajstić information content (AvgIpc) is 3.81. The number of nitrogens with zero attached hydrogens (tertiary/aromatic N) is 2. The van der Waals surface area contributed by atoms with Gasteiger partial charge in [0.2, 0.25) is 11.8 Å². The monoisotopic (exact) mass is 809 g/mol. The summed E-state index contributed by atoms with van der Waals surface area (Å²) in [6, 6.07) is 0. The molecule has 0 unspecified atom stereocenters. The summed E-state index contributed by atoms with van der Waals surface area (Å²) >= 11 is 0. The molecule has 7 aliphatic carbocycles. The second-order valence-electron chi connectivity index (χ2n) is 23.7. The fourth-order valence-electron chi connectivity index (χ4n) is 16.3. The Morgan fingerprint density at radius 2 is 1.34 bits per heavy atom. The van der Waals surface area contributed by atoms with Crippen molar-refractivity contribution < 1.29 is 38.9 Å². The van der Waals surface area contributed by atoms with Gasteiger partial charge in [-0.25, -0.2) is 0 Å². The van der Waals surface area contributed by atoms with Crippen LogP contribution < -0.4 is 0 Å². The Hall–Kier alpha value is -2.20. The van der Waals surface area contributed by atoms with E-state index in [-0.39, 0.29) is 57.1 Å². The van der Waals surface area contributed by atoms with E-state index in [0.717, 1.165) is 44.9 Å². The van der Waals surface area contributed by atoms with Crippen LogP contribution in [0.5, 0.6) is 0 Å². The van der Waals surface area contributed by atoms with E-state index in [0.29, 0.717) is 80.0 Å². The molecule has 0 radical (unpaired) electrons. The SMILES string of the molecule is CC(CO)(CO)C(=O)N1CCN(C(=O)[C@]23CC[C@@H](C4(C)CC4)[C@@H]2[C@H]2CC[C@@H]4[C@@]5(C)CC[C@H](OC(=O)[C@H]6C[C@@H](OC=O)C6(C)C)C(C)(C)[C@@H]5CC[C@@]4(C)[C@]2(C)CC3)CC1. The number of hydrogen-bond acceptors (Lipinski definition) is 8. The third-order valence-electron chi connectivity index (χ3n) is 20.7. The molecule has 326 valence electrons. The molecule has 1 saturated heterocycles. The minimum atomic E-state index is -1.21. The zero-order valence-corrected chi connectivity index (χ0v) is 37.4. The third kappa shape index (κ3) is 5.80. The molecule has 2 amide bonds. The molecule has 58 heavy (non-hydrogen) atoms. The van der Waals surface area contributed by atoms with Crippen LogP contribution in [0.2, 0.25) is 0 Å². The van der Waals surface area contributed by atoms with E-state index in [1.54, 1.807) is 11.8 Å². The number of aliphatic hydroxyl groups is 2. The summed E-state index contributed by atoms with van der Waals surface area (Å²) in [7, 11) is 0. The lowest BCUT2D eigenvalue weighted by Crippen LogP contribution is -2.68. The predicted octanol–water partition coefficient (Wildman–Crippen LogP) is 7.03. The molecule has 0 spiro atoms. The van der Waals surface area contributed by atoms with Crippen molar-refractivity contribution in [1.82, 2.24) is 9.80 Å². The summed E-state index contributed by atoms with van der Waals surface area (Å²) < 4.78 is 11.8. The molecule has 10 nitrogen and oxygen atoms in total. The van der Waals surface area contributed by atoms with Crippen LogP contribution in [0.3, 0.4) is 0 Å². The van der Waals surface area contributed by atoms with Gasteiger partial charge in [0.05, 0.1) is 30.0 Å². The van der Waals surface area contributed by atoms with Gasteiger partial charge in [-0.1, -0.05) is 55.4 Å². The van der Waals surface area contributed by atoms with Crippen molar-refractivity contribution in [3.63, 3.8) is 0 Å². The minimum Gasteiger partial charge on any atom is -0.464 e. The molecule has 0 aromatic carbocycles. The van der Waals surface area contributed by atoms with Gasteiger partial charge in [0, 0.05) is 37.0 Å². The highest BCUT2D eigenvalue weighted by Gasteiger charge is 2.74. The van der Waals surface area contributed by atoms with Crippen LogP contribution in [-0.2, 0) is 28.7 Å². The van der Waals surface area contributed by atoms with E-state index >= 15 is 4.79 Å². The van der Waals surface area contributed by atoms with Crippen molar-refractivity contribution in [2.75, 3.05) is 39.4 Å². The first-order valence-electron chi connectivity index (χ1n) is 23.2. The molecule has 7 saturated carbocycles. The van der Waals surface area contributed by atoms with Crippen LogP contribution >= 0.6 is 0 Å². The van der Waals surface area contributed by atoms with Crippen LogP contribution in [0.4, 0.5) is 0 Å². The maximum Gasteiger partial charge on any atom is 0.310 e. The lowest BCUT2D eigenvalue weighted by atomic mass is 9.32. The van der Waals surface area contributed by atoms with Gasteiger partial charge in [-0.2, -0.15) is 0 Å². The summed E-state index contributed by atoms with van der Waals surface area (Å²) in [5.74, 6) is 2.15. The van der Waals surface area contributed by atoms with Crippen LogP contribution in [0.1, 0.15) is 146 Å². The van der Waals surface area contributed by atoms with Crippen molar-refractivity contribution in [1.29, 1.82) is 0 Å². The van der Waals surface area contributed by atoms with Crippen LogP contribution in [-0.4, -0.2) is 95.9 Å². The average molecular weight is 809 g/mol. The van der Waals surface area contributed by atoms with Crippen molar-refractivity contribution in [2.24, 2.45) is 78.8 Å². The predicted molar refractivity (Wildman–Crippen MR) is 220 cm³/mol. The highest BCUT2D eigenvalue weighted by atomic mass is 16.6. The van der Waals surface area contributed by atoms with E-state index in [9.17, 15) is 24.6 Å². The van der Waals surface area contributed by atoms with E-state index in [4.69, 9.17) is 9.47 Å². The molecule has 2 N–H and O–H groups in total. The zero-order valence-electron chi connectivity index (χ0n) is 37.4. The fourth-order valence-corrected chi connectivity index (χ4v) is 16.3. The standard InChI is InChI=1S/C48H76N2O8/c1-41(2)32(26-36(41)57-29-53)38(54)58-35-14-15-45(7)33(42(35,3)4)13-16-47(9)34(45)11-10-31-37-30(43(5)18-19-43)12-17-48(37,21-20-46(31,47)8)40(56)50-24-22-49(23-25-50)39(55)44(6,27-51)28-52/h29-37,51-52H,10-28H2,1-9H3/t30-,31-,32-,33+,34-,35+,36-,37-,45+,46-,47-,48+/m1/s1. The molecule has 10 heteroatoms. The van der Waals surface area contributed by atoms with Crippen molar-refractivity contribution in [3.05, 3.63) is 0 Å². The summed E-state index contributed by atoms with van der Waals surface area (Å²) in [6.07, 6.45) is 13.4. The molecule has 8 aliphatic rings. The maximum absolute atomic E-state index is 15.2. The zero-order chi connectivity index (χ0) is 42.1. The maximum atomic E-state index is 15.2. The number of esters is 1. The number of rotatable bonds is 9. The first-order valence-corrected chi connectivity index (χ1v) is 23.2. The molecular weight excluding hydrogens is 733 g/mol. The number of piperazine rings is 1. The van der Waals surface area contributed by atoms with Crippen molar-refractivity contribution in [3.8, 4) is 0 Å². The molecule has 0 aromatic rings. The minimum absolute atomic E-state index is 0.125. The van der Waals surface area contributed by atoms with Crippen molar-refractivity contribution in [2.45, 2.75) is 158 Å². The fraction of sp³-hybridized carbons (Fsp3) is 0.917. The molecule has 0 aromatic heterocycles. The Morgan fingerprint density at radius 3 is 1.95 bits per heavy atom. The summed E-state index contributed by atoms with van der Waals surface area (Å²) in [4.78, 5) is 57.1. The first-order chi connectivity index (χ1) is 27.1. The van der Waals surface area contributed by atoms with E-state index in [1.807, 2.05) is 13.8 Å². The summed E-state index contributed by atoms with van der Waals surface area (Å²) in [5, 5.41) is 19.8. The Balaban J connectivity index is 1.02. The van der Waals surface area contributed by atoms with E-state index < -0.39 is 24.0 Å². The highest BCUT2D eigenvalue weighted by Crippen LogP contribution is 2.79. The van der Waals surface area contributed by atoms with E-state index in [2.05, 4.69) is 46.4 Å². The van der Waals surface area contributed by atoms with Crippen molar-refractivity contribution >= 4 is 24.3 Å². The molecule has 8 fully saturated rings. The third-order valence-corrected chi connectivity index (χ3v) is 20.7. The molecule has 1 heterocycles. The summed E-state index contributed by atoms with van der Waals surface area (Å²) in [6.45, 7) is 22.3. The van der Waals surface area contributed by atoms with Gasteiger partial charge < -0.3 is 29.5 Å². The Morgan fingerprint density at radius 1 is 0.690 bits per heavy atom. The summed E-state index contributed by atoms with van der Waals surface area (Å²) in [5.41, 5.74) is -1.41. The number of aliphatic hydroxyl groups excluding tert-OH is 2. The molecule has 1 aliphatic heterocycles. The van der Waals surface area contributed by atoms with Gasteiger partial charge in [-0.05, 0) is 142 Å². The van der Waals surface area contributed by atoms with E-state index in [1.165, 1.54) is 32.1 Å². The number of fused-ring (bicyclic) bond motifs is 7. The van der Waals surface area contributed by atoms with Gasteiger partial charge in [0.1, 0.15) is 12.2 Å². The topological polar surface area (TPSA) is 134 Å². The quantitative estimate of drug-likeness (QED) is 0.188. The molecule has 0 bridgehead atoms. The highest BCUT2D eigenvalue weighted by molar-refractivity contribution is 5.85. The van der Waals surface area contributed by atoms with Gasteiger partial charge >= 0.3 is 5.97 Å². The number of ether oxygens (including phenoxy) is 2. The van der Waals surface area contributed by atoms with Crippen LogP contribution in [0, 0.1) is 78.8 Å². The first kappa shape index (κ1) is 42.5. The number of carbonyl (C=O) groups excluding carboxylic acids is 4. The number of hydrogen-bond donors (Lipinski definition) is 2. The molecule has 12 atom stereocenters. The number of amides is 2. The molecule has 8 rings (SSSR count). The van der Waals surface area contributed by atoms with Gasteiger partial charge in [0.25, 0.3) is 6.47 Å². The smallest absolute Gasteiger partial charge is 0.310 e. The van der Waals surface area contributed by atoms with Gasteiger partial charge in [0.15, 0.2) is 0 Å². The largest absolute Gasteiger partial charge is 0.464 e. The van der Waals surface area contributed by atoms with Crippen LogP contribution in [0.15, 0.2) is 0 Å². The van der Waals surface area contributed by atoms with Crippen LogP contribution in [0.25, 0.3) is 0 Å². The Bertz CT molecular complexity index is 1660. The Labute approximate surface area is 348 Å². The van der Waals surface area contributed by atoms with Gasteiger partial charge in [-0.3, -0.25) is 19.2 Å². The Kier molecular flexibility index (Phi) is 10.2.